The van der Waals surface area contributed by atoms with Gasteiger partial charge in [-0.2, -0.15) is 0 Å². The molecule has 0 radical (unpaired) electrons. The third kappa shape index (κ3) is 4.85. The van der Waals surface area contributed by atoms with Gasteiger partial charge in [0.25, 0.3) is 0 Å². The fourth-order valence-corrected chi connectivity index (χ4v) is 2.11. The van der Waals surface area contributed by atoms with Crippen molar-refractivity contribution in [1.29, 1.82) is 0 Å². The molecule has 0 heterocycles. The van der Waals surface area contributed by atoms with Gasteiger partial charge < -0.3 is 19.5 Å². The van der Waals surface area contributed by atoms with Crippen molar-refractivity contribution in [1.82, 2.24) is 0 Å². The number of carbonyl (C=O) groups is 1. The molecule has 0 fully saturated rings. The Balaban J connectivity index is 2.98. The molecule has 0 aliphatic rings. The van der Waals surface area contributed by atoms with E-state index in [0.717, 1.165) is 25.1 Å². The summed E-state index contributed by atoms with van der Waals surface area (Å²) >= 11 is 0. The Morgan fingerprint density at radius 2 is 1.95 bits per heavy atom. The Morgan fingerprint density at radius 3 is 2.48 bits per heavy atom. The highest BCUT2D eigenvalue weighted by atomic mass is 16.5. The molecule has 0 saturated carbocycles. The van der Waals surface area contributed by atoms with Crippen molar-refractivity contribution in [3.05, 3.63) is 18.2 Å². The average molecular weight is 295 g/mol. The monoisotopic (exact) mass is 295 g/mol. The van der Waals surface area contributed by atoms with E-state index in [4.69, 9.17) is 14.6 Å². The van der Waals surface area contributed by atoms with Gasteiger partial charge in [0, 0.05) is 24.8 Å². The Hall–Kier alpha value is -1.91. The second-order valence-corrected chi connectivity index (χ2v) is 5.08. The third-order valence-corrected chi connectivity index (χ3v) is 3.43. The van der Waals surface area contributed by atoms with Gasteiger partial charge in [-0.05, 0) is 18.6 Å². The van der Waals surface area contributed by atoms with Crippen LogP contribution in [0.25, 0.3) is 0 Å². The molecule has 1 rings (SSSR count). The maximum Gasteiger partial charge on any atom is 0.308 e. The molecule has 0 aromatic heterocycles. The van der Waals surface area contributed by atoms with Crippen LogP contribution in [0.3, 0.4) is 0 Å². The molecule has 118 valence electrons. The summed E-state index contributed by atoms with van der Waals surface area (Å²) in [5.41, 5.74) is 0.953. The maximum atomic E-state index is 11.1. The minimum Gasteiger partial charge on any atom is -0.493 e. The van der Waals surface area contributed by atoms with Crippen LogP contribution in [0.5, 0.6) is 11.5 Å². The van der Waals surface area contributed by atoms with Crippen molar-refractivity contribution in [2.45, 2.75) is 26.7 Å². The summed E-state index contributed by atoms with van der Waals surface area (Å²) in [6, 6.07) is 5.67. The second-order valence-electron chi connectivity index (χ2n) is 5.08. The zero-order valence-corrected chi connectivity index (χ0v) is 13.3. The fraction of sp³-hybridized carbons (Fsp3) is 0.562. The summed E-state index contributed by atoms with van der Waals surface area (Å²) in [4.78, 5) is 13.2. The number of anilines is 1. The van der Waals surface area contributed by atoms with Gasteiger partial charge in [0.1, 0.15) is 0 Å². The molecular weight excluding hydrogens is 270 g/mol. The topological polar surface area (TPSA) is 59.0 Å². The molecule has 0 bridgehead atoms. The zero-order chi connectivity index (χ0) is 15.8. The quantitative estimate of drug-likeness (QED) is 0.759. The zero-order valence-electron chi connectivity index (χ0n) is 13.3. The SMILES string of the molecule is CCCCN(CC(C)C(=O)O)c1ccc(OC)c(OC)c1. The number of benzene rings is 1. The summed E-state index contributed by atoms with van der Waals surface area (Å²) in [5, 5.41) is 9.11. The Bertz CT molecular complexity index is 462. The van der Waals surface area contributed by atoms with Gasteiger partial charge in [-0.1, -0.05) is 20.3 Å². The molecule has 0 spiro atoms. The largest absolute Gasteiger partial charge is 0.493 e. The van der Waals surface area contributed by atoms with Crippen molar-refractivity contribution in [2.24, 2.45) is 5.92 Å². The summed E-state index contributed by atoms with van der Waals surface area (Å²) in [7, 11) is 3.19. The molecule has 1 atom stereocenters. The highest BCUT2D eigenvalue weighted by molar-refractivity contribution is 5.70. The standard InChI is InChI=1S/C16H25NO4/c1-5-6-9-17(11-12(2)16(18)19)13-7-8-14(20-3)15(10-13)21-4/h7-8,10,12H,5-6,9,11H2,1-4H3,(H,18,19). The minimum absolute atomic E-state index is 0.421. The predicted octanol–water partition coefficient (Wildman–Crippen LogP) is 3.03. The first-order valence-electron chi connectivity index (χ1n) is 7.23. The highest BCUT2D eigenvalue weighted by Gasteiger charge is 2.17. The third-order valence-electron chi connectivity index (χ3n) is 3.43. The van der Waals surface area contributed by atoms with Crippen LogP contribution >= 0.6 is 0 Å². The molecule has 21 heavy (non-hydrogen) atoms. The summed E-state index contributed by atoms with van der Waals surface area (Å²) in [6.07, 6.45) is 2.08. The van der Waals surface area contributed by atoms with Crippen molar-refractivity contribution in [3.63, 3.8) is 0 Å². The van der Waals surface area contributed by atoms with Crippen molar-refractivity contribution < 1.29 is 19.4 Å². The number of rotatable bonds is 9. The van der Waals surface area contributed by atoms with Gasteiger partial charge in [0.2, 0.25) is 0 Å². The van der Waals surface area contributed by atoms with E-state index in [9.17, 15) is 4.79 Å². The summed E-state index contributed by atoms with van der Waals surface area (Å²) in [6.45, 7) is 5.14. The molecule has 5 nitrogen and oxygen atoms in total. The molecule has 0 amide bonds. The number of carboxylic acids is 1. The van der Waals surface area contributed by atoms with Crippen LogP contribution in [-0.2, 0) is 4.79 Å². The lowest BCUT2D eigenvalue weighted by atomic mass is 10.1. The van der Waals surface area contributed by atoms with Gasteiger partial charge in [0.05, 0.1) is 20.1 Å². The van der Waals surface area contributed by atoms with E-state index in [1.54, 1.807) is 21.1 Å². The van der Waals surface area contributed by atoms with E-state index in [-0.39, 0.29) is 0 Å². The van der Waals surface area contributed by atoms with E-state index >= 15 is 0 Å². The van der Waals surface area contributed by atoms with E-state index in [1.165, 1.54) is 0 Å². The second kappa shape index (κ2) is 8.39. The molecule has 0 aliphatic heterocycles. The molecule has 0 saturated heterocycles. The van der Waals surface area contributed by atoms with Crippen LogP contribution in [0.2, 0.25) is 0 Å². The summed E-state index contributed by atoms with van der Waals surface area (Å²) in [5.74, 6) is 0.120. The molecule has 0 aliphatic carbocycles. The molecular formula is C16H25NO4. The first-order valence-corrected chi connectivity index (χ1v) is 7.23. The maximum absolute atomic E-state index is 11.1. The number of aliphatic carboxylic acids is 1. The van der Waals surface area contributed by atoms with E-state index in [2.05, 4.69) is 11.8 Å². The highest BCUT2D eigenvalue weighted by Crippen LogP contribution is 2.31. The van der Waals surface area contributed by atoms with Crippen LogP contribution in [0, 0.1) is 5.92 Å². The van der Waals surface area contributed by atoms with Gasteiger partial charge in [-0.3, -0.25) is 4.79 Å². The fourth-order valence-electron chi connectivity index (χ4n) is 2.11. The molecule has 1 aromatic rings. The minimum atomic E-state index is -0.781. The Labute approximate surface area is 126 Å². The number of unbranched alkanes of at least 4 members (excludes halogenated alkanes) is 1. The molecule has 1 unspecified atom stereocenters. The lowest BCUT2D eigenvalue weighted by Gasteiger charge is -2.27. The number of ether oxygens (including phenoxy) is 2. The van der Waals surface area contributed by atoms with Crippen LogP contribution in [0.4, 0.5) is 5.69 Å². The first kappa shape index (κ1) is 17.1. The van der Waals surface area contributed by atoms with Crippen LogP contribution in [0.1, 0.15) is 26.7 Å². The lowest BCUT2D eigenvalue weighted by molar-refractivity contribution is -0.140. The number of methoxy groups -OCH3 is 2. The molecule has 1 aromatic carbocycles. The van der Waals surface area contributed by atoms with Gasteiger partial charge in [-0.15, -0.1) is 0 Å². The normalized spacial score (nSPS) is 11.8. The van der Waals surface area contributed by atoms with Gasteiger partial charge >= 0.3 is 5.97 Å². The van der Waals surface area contributed by atoms with Crippen molar-refractivity contribution >= 4 is 11.7 Å². The average Bonchev–Trinajstić information content (AvgIpc) is 2.50. The number of nitrogens with zero attached hydrogens (tertiary/aromatic N) is 1. The van der Waals surface area contributed by atoms with Crippen LogP contribution in [-0.4, -0.2) is 38.4 Å². The smallest absolute Gasteiger partial charge is 0.308 e. The van der Waals surface area contributed by atoms with E-state index in [1.807, 2.05) is 18.2 Å². The van der Waals surface area contributed by atoms with E-state index < -0.39 is 11.9 Å². The Kier molecular flexibility index (Phi) is 6.85. The summed E-state index contributed by atoms with van der Waals surface area (Å²) < 4.78 is 10.5. The molecule has 1 N–H and O–H groups in total. The van der Waals surface area contributed by atoms with Crippen LogP contribution in [0.15, 0.2) is 18.2 Å². The Morgan fingerprint density at radius 1 is 1.29 bits per heavy atom. The number of hydrogen-bond acceptors (Lipinski definition) is 4. The van der Waals surface area contributed by atoms with E-state index in [0.29, 0.717) is 18.0 Å². The lowest BCUT2D eigenvalue weighted by Crippen LogP contribution is -2.32. The van der Waals surface area contributed by atoms with Crippen LogP contribution < -0.4 is 14.4 Å². The predicted molar refractivity (Wildman–Crippen MR) is 83.5 cm³/mol. The van der Waals surface area contributed by atoms with Crippen molar-refractivity contribution in [3.8, 4) is 11.5 Å². The number of carboxylic acid groups (broad SMARTS) is 1. The van der Waals surface area contributed by atoms with Gasteiger partial charge in [0.15, 0.2) is 11.5 Å². The van der Waals surface area contributed by atoms with Crippen molar-refractivity contribution in [2.75, 3.05) is 32.2 Å². The first-order chi connectivity index (χ1) is 10.0. The number of hydrogen-bond donors (Lipinski definition) is 1. The molecule has 5 heteroatoms. The van der Waals surface area contributed by atoms with Gasteiger partial charge in [-0.25, -0.2) is 0 Å².